The predicted octanol–water partition coefficient (Wildman–Crippen LogP) is 2.61. The maximum atomic E-state index is 12.0. The number of hydrogen-bond acceptors (Lipinski definition) is 4. The van der Waals surface area contributed by atoms with Crippen molar-refractivity contribution in [1.82, 2.24) is 4.90 Å². The second-order valence-electron chi connectivity index (χ2n) is 6.63. The van der Waals surface area contributed by atoms with Crippen molar-refractivity contribution in [3.8, 4) is 0 Å². The summed E-state index contributed by atoms with van der Waals surface area (Å²) in [5.41, 5.74) is 3.54. The SMILES string of the molecule is Cc1ccc2c(CN3CC[S@@](=O)C[C@@H](C)C3)cc(=O)oc2c1C. The summed E-state index contributed by atoms with van der Waals surface area (Å²) in [7, 11) is -0.727. The third-order valence-corrected chi connectivity index (χ3v) is 6.17. The largest absolute Gasteiger partial charge is 0.422 e. The zero-order chi connectivity index (χ0) is 16.6. The van der Waals surface area contributed by atoms with E-state index in [1.165, 1.54) is 0 Å². The quantitative estimate of drug-likeness (QED) is 0.793. The van der Waals surface area contributed by atoms with E-state index in [0.717, 1.165) is 40.9 Å². The molecule has 3 rings (SSSR count). The molecule has 2 atom stereocenters. The lowest BCUT2D eigenvalue weighted by atomic mass is 10.0. The Hall–Kier alpha value is -1.46. The first-order chi connectivity index (χ1) is 10.9. The summed E-state index contributed by atoms with van der Waals surface area (Å²) in [6, 6.07) is 5.71. The topological polar surface area (TPSA) is 50.5 Å². The van der Waals surface area contributed by atoms with E-state index in [-0.39, 0.29) is 5.63 Å². The standard InChI is InChI=1S/C18H23NO3S/c1-12-9-19(6-7-23(21)11-12)10-15-8-17(20)22-18-14(3)13(2)4-5-16(15)18/h4-5,8,12H,6-7,9-11H2,1-3H3/t12-,23+/m0/s1. The Morgan fingerprint density at radius 1 is 1.35 bits per heavy atom. The molecule has 2 aromatic rings. The lowest BCUT2D eigenvalue weighted by Crippen LogP contribution is -2.29. The van der Waals surface area contributed by atoms with Gasteiger partial charge in [-0.25, -0.2) is 4.79 Å². The van der Waals surface area contributed by atoms with Gasteiger partial charge in [-0.15, -0.1) is 0 Å². The van der Waals surface area contributed by atoms with E-state index in [0.29, 0.717) is 23.8 Å². The van der Waals surface area contributed by atoms with E-state index in [2.05, 4.69) is 17.9 Å². The number of benzene rings is 1. The third-order valence-electron chi connectivity index (χ3n) is 4.59. The smallest absolute Gasteiger partial charge is 0.336 e. The Labute approximate surface area is 138 Å². The van der Waals surface area contributed by atoms with Gasteiger partial charge in [0.2, 0.25) is 0 Å². The summed E-state index contributed by atoms with van der Waals surface area (Å²) in [4.78, 5) is 14.3. The van der Waals surface area contributed by atoms with Crippen LogP contribution >= 0.6 is 0 Å². The van der Waals surface area contributed by atoms with Crippen molar-refractivity contribution < 1.29 is 8.63 Å². The highest BCUT2D eigenvalue weighted by atomic mass is 32.2. The van der Waals surface area contributed by atoms with Crippen LogP contribution in [0.15, 0.2) is 27.4 Å². The molecule has 1 aromatic heterocycles. The lowest BCUT2D eigenvalue weighted by Gasteiger charge is -2.22. The highest BCUT2D eigenvalue weighted by Gasteiger charge is 2.20. The molecule has 1 aliphatic heterocycles. The summed E-state index contributed by atoms with van der Waals surface area (Å²) in [5.74, 6) is 1.89. The number of hydrogen-bond donors (Lipinski definition) is 0. The van der Waals surface area contributed by atoms with Crippen LogP contribution in [0.3, 0.4) is 0 Å². The van der Waals surface area contributed by atoms with E-state index < -0.39 is 10.8 Å². The molecule has 0 amide bonds. The molecule has 0 saturated carbocycles. The molecule has 0 radical (unpaired) electrons. The summed E-state index contributed by atoms with van der Waals surface area (Å²) in [6.45, 7) is 8.57. The van der Waals surface area contributed by atoms with Crippen LogP contribution in [0, 0.1) is 19.8 Å². The van der Waals surface area contributed by atoms with Gasteiger partial charge in [0.25, 0.3) is 0 Å². The van der Waals surface area contributed by atoms with Gasteiger partial charge in [-0.2, -0.15) is 0 Å². The van der Waals surface area contributed by atoms with Crippen LogP contribution in [-0.2, 0) is 17.3 Å². The Balaban J connectivity index is 1.98. The molecule has 1 fully saturated rings. The molecular formula is C18H23NO3S. The van der Waals surface area contributed by atoms with E-state index >= 15 is 0 Å². The molecule has 1 saturated heterocycles. The predicted molar refractivity (Wildman–Crippen MR) is 94.3 cm³/mol. The van der Waals surface area contributed by atoms with Gasteiger partial charge in [0.05, 0.1) is 0 Å². The molecule has 5 heteroatoms. The maximum Gasteiger partial charge on any atom is 0.336 e. The fraction of sp³-hybridized carbons (Fsp3) is 0.500. The minimum Gasteiger partial charge on any atom is -0.422 e. The first-order valence-electron chi connectivity index (χ1n) is 8.04. The molecule has 2 heterocycles. The zero-order valence-corrected chi connectivity index (χ0v) is 14.7. The van der Waals surface area contributed by atoms with Gasteiger partial charge in [0.1, 0.15) is 5.58 Å². The number of rotatable bonds is 2. The van der Waals surface area contributed by atoms with Crippen LogP contribution in [0.1, 0.15) is 23.6 Å². The van der Waals surface area contributed by atoms with E-state index in [1.807, 2.05) is 19.9 Å². The molecule has 0 N–H and O–H groups in total. The highest BCUT2D eigenvalue weighted by molar-refractivity contribution is 7.85. The molecule has 0 spiro atoms. The van der Waals surface area contributed by atoms with Crippen molar-refractivity contribution in [1.29, 1.82) is 0 Å². The minimum atomic E-state index is -0.727. The molecule has 0 bridgehead atoms. The van der Waals surface area contributed by atoms with Crippen LogP contribution in [0.2, 0.25) is 0 Å². The minimum absolute atomic E-state index is 0.298. The fourth-order valence-corrected chi connectivity index (χ4v) is 4.62. The molecule has 4 nitrogen and oxygen atoms in total. The second-order valence-corrected chi connectivity index (χ2v) is 8.25. The Morgan fingerprint density at radius 2 is 2.13 bits per heavy atom. The first kappa shape index (κ1) is 16.4. The van der Waals surface area contributed by atoms with E-state index in [9.17, 15) is 9.00 Å². The first-order valence-corrected chi connectivity index (χ1v) is 9.53. The average molecular weight is 333 g/mol. The Kier molecular flexibility index (Phi) is 4.69. The fourth-order valence-electron chi connectivity index (χ4n) is 3.26. The maximum absolute atomic E-state index is 12.0. The molecule has 23 heavy (non-hydrogen) atoms. The van der Waals surface area contributed by atoms with Gasteiger partial charge in [0, 0.05) is 53.4 Å². The van der Waals surface area contributed by atoms with Crippen molar-refractivity contribution in [2.75, 3.05) is 24.6 Å². The third kappa shape index (κ3) is 3.56. The van der Waals surface area contributed by atoms with E-state index in [1.54, 1.807) is 6.07 Å². The van der Waals surface area contributed by atoms with Gasteiger partial charge in [-0.05, 0) is 36.5 Å². The lowest BCUT2D eigenvalue weighted by molar-refractivity contribution is 0.257. The normalized spacial score (nSPS) is 23.1. The molecular weight excluding hydrogens is 310 g/mol. The molecule has 0 unspecified atom stereocenters. The van der Waals surface area contributed by atoms with E-state index in [4.69, 9.17) is 4.42 Å². The van der Waals surface area contributed by atoms with Gasteiger partial charge >= 0.3 is 5.63 Å². The van der Waals surface area contributed by atoms with Gasteiger partial charge in [-0.1, -0.05) is 19.1 Å². The molecule has 1 aliphatic rings. The number of aryl methyl sites for hydroxylation is 2. The Morgan fingerprint density at radius 3 is 2.91 bits per heavy atom. The summed E-state index contributed by atoms with van der Waals surface area (Å²) in [5, 5.41) is 1.01. The second kappa shape index (κ2) is 6.57. The molecule has 124 valence electrons. The number of fused-ring (bicyclic) bond motifs is 1. The average Bonchev–Trinajstić information content (AvgIpc) is 2.64. The summed E-state index contributed by atoms with van der Waals surface area (Å²) >= 11 is 0. The van der Waals surface area contributed by atoms with Crippen LogP contribution in [0.25, 0.3) is 11.0 Å². The van der Waals surface area contributed by atoms with Crippen LogP contribution in [0.5, 0.6) is 0 Å². The van der Waals surface area contributed by atoms with Gasteiger partial charge in [0.15, 0.2) is 0 Å². The molecule has 1 aromatic carbocycles. The van der Waals surface area contributed by atoms with Crippen molar-refractivity contribution in [2.45, 2.75) is 27.3 Å². The van der Waals surface area contributed by atoms with Crippen molar-refractivity contribution in [3.63, 3.8) is 0 Å². The summed E-state index contributed by atoms with van der Waals surface area (Å²) in [6.07, 6.45) is 0. The van der Waals surface area contributed by atoms with Gasteiger partial charge < -0.3 is 4.42 Å². The number of nitrogens with zero attached hydrogens (tertiary/aromatic N) is 1. The summed E-state index contributed by atoms with van der Waals surface area (Å²) < 4.78 is 17.3. The zero-order valence-electron chi connectivity index (χ0n) is 13.9. The van der Waals surface area contributed by atoms with Crippen LogP contribution in [0.4, 0.5) is 0 Å². The Bertz CT molecular complexity index is 812. The monoisotopic (exact) mass is 333 g/mol. The van der Waals surface area contributed by atoms with Crippen molar-refractivity contribution >= 4 is 21.8 Å². The van der Waals surface area contributed by atoms with Crippen molar-refractivity contribution in [3.05, 3.63) is 45.3 Å². The van der Waals surface area contributed by atoms with Crippen molar-refractivity contribution in [2.24, 2.45) is 5.92 Å². The highest BCUT2D eigenvalue weighted by Crippen LogP contribution is 2.24. The van der Waals surface area contributed by atoms with Gasteiger partial charge in [-0.3, -0.25) is 9.11 Å². The van der Waals surface area contributed by atoms with Crippen LogP contribution < -0.4 is 5.63 Å². The molecule has 0 aliphatic carbocycles. The van der Waals surface area contributed by atoms with Crippen LogP contribution in [-0.4, -0.2) is 33.7 Å².